The van der Waals surface area contributed by atoms with Gasteiger partial charge in [0.25, 0.3) is 15.7 Å². The molecule has 2 aromatic rings. The molecule has 3 rings (SSSR count). The number of non-ortho nitro benzene ring substituents is 1. The third-order valence-electron chi connectivity index (χ3n) is 3.40. The molecule has 0 aliphatic carbocycles. The predicted molar refractivity (Wildman–Crippen MR) is 94.3 cm³/mol. The van der Waals surface area contributed by atoms with E-state index in [1.807, 2.05) is 0 Å². The summed E-state index contributed by atoms with van der Waals surface area (Å²) in [6, 6.07) is 13.2. The Bertz CT molecular complexity index is 934. The number of hydrogen-bond donors (Lipinski definition) is 0. The molecule has 132 valence electrons. The molecule has 1 saturated heterocycles. The van der Waals surface area contributed by atoms with Gasteiger partial charge in [-0.2, -0.15) is 0 Å². The standard InChI is InChI=1S/C14H13N2O6PS2/c17-16(18)12-6-8-14(9-7-12)25(19,20)15-10-11-21-23(15,24)22-13-4-2-1-3-5-13/h1-9H,10-11H2. The van der Waals surface area contributed by atoms with Crippen molar-refractivity contribution in [2.75, 3.05) is 13.2 Å². The van der Waals surface area contributed by atoms with Crippen LogP contribution >= 0.6 is 6.64 Å². The van der Waals surface area contributed by atoms with E-state index >= 15 is 0 Å². The van der Waals surface area contributed by atoms with Gasteiger partial charge >= 0.3 is 6.64 Å². The van der Waals surface area contributed by atoms with E-state index in [-0.39, 0.29) is 23.7 Å². The highest BCUT2D eigenvalue weighted by atomic mass is 32.5. The van der Waals surface area contributed by atoms with Crippen LogP contribution in [0.4, 0.5) is 5.69 Å². The van der Waals surface area contributed by atoms with E-state index in [9.17, 15) is 18.5 Å². The number of hydrogen-bond acceptors (Lipinski definition) is 7. The van der Waals surface area contributed by atoms with Crippen molar-refractivity contribution < 1.29 is 22.4 Å². The number of para-hydroxylation sites is 1. The lowest BCUT2D eigenvalue weighted by molar-refractivity contribution is -0.384. The van der Waals surface area contributed by atoms with E-state index in [0.717, 1.165) is 16.2 Å². The molecule has 1 fully saturated rings. The Morgan fingerprint density at radius 3 is 2.40 bits per heavy atom. The zero-order valence-electron chi connectivity index (χ0n) is 12.7. The van der Waals surface area contributed by atoms with Crippen LogP contribution in [0.15, 0.2) is 59.5 Å². The van der Waals surface area contributed by atoms with Gasteiger partial charge in [0.15, 0.2) is 0 Å². The van der Waals surface area contributed by atoms with Gasteiger partial charge in [0.05, 0.1) is 16.4 Å². The van der Waals surface area contributed by atoms with Gasteiger partial charge in [0.1, 0.15) is 5.75 Å². The molecule has 1 unspecified atom stereocenters. The highest BCUT2D eigenvalue weighted by Gasteiger charge is 2.44. The van der Waals surface area contributed by atoms with Crippen LogP contribution in [0.1, 0.15) is 0 Å². The van der Waals surface area contributed by atoms with Crippen LogP contribution in [0.25, 0.3) is 0 Å². The average molecular weight is 400 g/mol. The SMILES string of the molecule is O=[N+]([O-])c1ccc(S(=O)(=O)N2CCOP2(=S)Oc2ccccc2)cc1. The molecule has 1 aliphatic rings. The molecule has 11 heteroatoms. The van der Waals surface area contributed by atoms with Gasteiger partial charge in [-0.15, -0.1) is 4.08 Å². The Hall–Kier alpha value is -1.84. The quantitative estimate of drug-likeness (QED) is 0.432. The van der Waals surface area contributed by atoms with Gasteiger partial charge in [-0.1, -0.05) is 18.2 Å². The molecule has 0 spiro atoms. The maximum Gasteiger partial charge on any atom is 0.329 e. The normalized spacial score (nSPS) is 21.1. The minimum Gasteiger partial charge on any atom is -0.432 e. The molecule has 0 radical (unpaired) electrons. The lowest BCUT2D eigenvalue weighted by atomic mass is 10.3. The summed E-state index contributed by atoms with van der Waals surface area (Å²) in [5, 5.41) is 10.7. The van der Waals surface area contributed by atoms with E-state index < -0.39 is 21.6 Å². The Morgan fingerprint density at radius 1 is 1.16 bits per heavy atom. The summed E-state index contributed by atoms with van der Waals surface area (Å²) in [4.78, 5) is 10.0. The molecular weight excluding hydrogens is 387 g/mol. The molecule has 1 aliphatic heterocycles. The second kappa shape index (κ2) is 6.81. The van der Waals surface area contributed by atoms with Crippen molar-refractivity contribution in [3.05, 3.63) is 64.7 Å². The van der Waals surface area contributed by atoms with Crippen molar-refractivity contribution in [2.45, 2.75) is 4.90 Å². The Morgan fingerprint density at radius 2 is 1.80 bits per heavy atom. The molecule has 0 aromatic heterocycles. The predicted octanol–water partition coefficient (Wildman–Crippen LogP) is 2.92. The molecule has 0 bridgehead atoms. The monoisotopic (exact) mass is 400 g/mol. The molecule has 8 nitrogen and oxygen atoms in total. The Kier molecular flexibility index (Phi) is 4.90. The summed E-state index contributed by atoms with van der Waals surface area (Å²) in [5.74, 6) is 0.414. The lowest BCUT2D eigenvalue weighted by Gasteiger charge is -2.25. The Balaban J connectivity index is 1.92. The topological polar surface area (TPSA) is 99.0 Å². The van der Waals surface area contributed by atoms with Crippen molar-refractivity contribution in [1.82, 2.24) is 4.08 Å². The van der Waals surface area contributed by atoms with Crippen LogP contribution in [0.5, 0.6) is 5.75 Å². The number of sulfonamides is 1. The summed E-state index contributed by atoms with van der Waals surface area (Å²) in [5.41, 5.74) is -0.198. The minimum atomic E-state index is -4.00. The summed E-state index contributed by atoms with van der Waals surface area (Å²) in [7, 11) is -4.00. The van der Waals surface area contributed by atoms with Crippen molar-refractivity contribution in [3.8, 4) is 5.75 Å². The van der Waals surface area contributed by atoms with Gasteiger partial charge < -0.3 is 9.05 Å². The second-order valence-electron chi connectivity index (χ2n) is 5.01. The average Bonchev–Trinajstić information content (AvgIpc) is 2.98. The fourth-order valence-corrected chi connectivity index (χ4v) is 7.65. The van der Waals surface area contributed by atoms with E-state index in [4.69, 9.17) is 20.9 Å². The molecule has 2 aromatic carbocycles. The van der Waals surface area contributed by atoms with Crippen molar-refractivity contribution in [2.24, 2.45) is 0 Å². The third-order valence-corrected chi connectivity index (χ3v) is 9.43. The fourth-order valence-electron chi connectivity index (χ4n) is 2.22. The van der Waals surface area contributed by atoms with Gasteiger partial charge in [0, 0.05) is 18.7 Å². The highest BCUT2D eigenvalue weighted by molar-refractivity contribution is 8.13. The van der Waals surface area contributed by atoms with E-state index in [2.05, 4.69) is 0 Å². The van der Waals surface area contributed by atoms with Crippen LogP contribution in [0, 0.1) is 10.1 Å². The smallest absolute Gasteiger partial charge is 0.329 e. The maximum absolute atomic E-state index is 12.9. The maximum atomic E-state index is 12.9. The first-order valence-electron chi connectivity index (χ1n) is 7.10. The van der Waals surface area contributed by atoms with Gasteiger partial charge in [0.2, 0.25) is 0 Å². The van der Waals surface area contributed by atoms with E-state index in [0.29, 0.717) is 5.75 Å². The number of nitrogens with zero attached hydrogens (tertiary/aromatic N) is 2. The van der Waals surface area contributed by atoms with Crippen molar-refractivity contribution in [1.29, 1.82) is 0 Å². The van der Waals surface area contributed by atoms with Crippen molar-refractivity contribution in [3.63, 3.8) is 0 Å². The van der Waals surface area contributed by atoms with Crippen LogP contribution in [-0.2, 0) is 26.4 Å². The number of benzene rings is 2. The number of rotatable bonds is 5. The van der Waals surface area contributed by atoms with Crippen LogP contribution in [0.3, 0.4) is 0 Å². The largest absolute Gasteiger partial charge is 0.432 e. The Labute approximate surface area is 149 Å². The van der Waals surface area contributed by atoms with Gasteiger partial charge in [-0.3, -0.25) is 10.1 Å². The summed E-state index contributed by atoms with van der Waals surface area (Å²) in [6.07, 6.45) is 0. The van der Waals surface area contributed by atoms with Crippen LogP contribution in [0.2, 0.25) is 0 Å². The first-order valence-corrected chi connectivity index (χ1v) is 11.1. The molecule has 0 saturated carbocycles. The fraction of sp³-hybridized carbons (Fsp3) is 0.143. The second-order valence-corrected chi connectivity index (χ2v) is 10.4. The summed E-state index contributed by atoms with van der Waals surface area (Å²) in [6.45, 7) is -3.09. The van der Waals surface area contributed by atoms with E-state index in [1.54, 1.807) is 30.3 Å². The molecule has 0 amide bonds. The molecule has 25 heavy (non-hydrogen) atoms. The number of nitro groups is 1. The highest BCUT2D eigenvalue weighted by Crippen LogP contribution is 2.57. The molecule has 1 heterocycles. The zero-order valence-corrected chi connectivity index (χ0v) is 15.2. The van der Waals surface area contributed by atoms with Crippen molar-refractivity contribution >= 4 is 34.2 Å². The minimum absolute atomic E-state index is 0.0590. The first kappa shape index (κ1) is 18.0. The van der Waals surface area contributed by atoms with Gasteiger partial charge in [-0.25, -0.2) is 8.42 Å². The molecule has 0 N–H and O–H groups in total. The van der Waals surface area contributed by atoms with Crippen LogP contribution in [-0.4, -0.2) is 30.6 Å². The van der Waals surface area contributed by atoms with Gasteiger partial charge in [-0.05, 0) is 36.1 Å². The lowest BCUT2D eigenvalue weighted by Crippen LogP contribution is -2.27. The summed E-state index contributed by atoms with van der Waals surface area (Å²) < 4.78 is 37.9. The first-order chi connectivity index (χ1) is 11.8. The molecule has 1 atom stereocenters. The summed E-state index contributed by atoms with van der Waals surface area (Å²) >= 11 is 5.39. The zero-order chi connectivity index (χ0) is 18.1. The van der Waals surface area contributed by atoms with Crippen LogP contribution < -0.4 is 4.52 Å². The number of nitro benzene ring substituents is 1. The molecular formula is C14H13N2O6PS2. The van der Waals surface area contributed by atoms with E-state index in [1.165, 1.54) is 12.1 Å². The third kappa shape index (κ3) is 3.58.